The van der Waals surface area contributed by atoms with E-state index in [-0.39, 0.29) is 6.04 Å². The van der Waals surface area contributed by atoms with Gasteiger partial charge in [-0.25, -0.2) is 0 Å². The molecule has 0 amide bonds. The van der Waals surface area contributed by atoms with Gasteiger partial charge in [0.25, 0.3) is 0 Å². The van der Waals surface area contributed by atoms with Crippen LogP contribution in [0, 0.1) is 0 Å². The van der Waals surface area contributed by atoms with Crippen molar-refractivity contribution in [2.24, 2.45) is 5.73 Å². The summed E-state index contributed by atoms with van der Waals surface area (Å²) in [5.41, 5.74) is 11.0. The van der Waals surface area contributed by atoms with Gasteiger partial charge in [0.15, 0.2) is 0 Å². The maximum absolute atomic E-state index is 6.07. The number of aryl methyl sites for hydroxylation is 1. The first-order chi connectivity index (χ1) is 9.28. The minimum atomic E-state index is 0.205. The van der Waals surface area contributed by atoms with E-state index in [4.69, 9.17) is 10.5 Å². The summed E-state index contributed by atoms with van der Waals surface area (Å²) in [5, 5.41) is 0. The van der Waals surface area contributed by atoms with Crippen LogP contribution in [0.5, 0.6) is 5.75 Å². The Kier molecular flexibility index (Phi) is 3.22. The molecule has 3 rings (SSSR count). The molecule has 0 saturated carbocycles. The van der Waals surface area contributed by atoms with Crippen molar-refractivity contribution in [3.63, 3.8) is 0 Å². The number of benzene rings is 1. The molecule has 1 atom stereocenters. The third-order valence-electron chi connectivity index (χ3n) is 3.62. The molecule has 1 heterocycles. The molecule has 0 bridgehead atoms. The van der Waals surface area contributed by atoms with Crippen LogP contribution in [-0.2, 0) is 6.42 Å². The standard InChI is InChI=1S/C16H18N2O/c1-2-19-14-8-13(9-18-10-14)11-3-5-15-12(7-11)4-6-16(15)17/h3,5,7-10,16H,2,4,6,17H2,1H3. The summed E-state index contributed by atoms with van der Waals surface area (Å²) >= 11 is 0. The van der Waals surface area contributed by atoms with E-state index in [1.54, 1.807) is 6.20 Å². The maximum Gasteiger partial charge on any atom is 0.138 e. The molecular formula is C16H18N2O. The molecule has 0 spiro atoms. The van der Waals surface area contributed by atoms with E-state index >= 15 is 0 Å². The Morgan fingerprint density at radius 3 is 3.00 bits per heavy atom. The van der Waals surface area contributed by atoms with E-state index in [0.717, 1.165) is 24.2 Å². The van der Waals surface area contributed by atoms with Crippen molar-refractivity contribution >= 4 is 0 Å². The zero-order chi connectivity index (χ0) is 13.2. The summed E-state index contributed by atoms with van der Waals surface area (Å²) in [6.07, 6.45) is 5.74. The van der Waals surface area contributed by atoms with Gasteiger partial charge in [0.05, 0.1) is 12.8 Å². The highest BCUT2D eigenvalue weighted by Crippen LogP contribution is 2.33. The third-order valence-corrected chi connectivity index (χ3v) is 3.62. The van der Waals surface area contributed by atoms with Crippen LogP contribution >= 0.6 is 0 Å². The second-order valence-electron chi connectivity index (χ2n) is 4.90. The molecule has 3 heteroatoms. The fraction of sp³-hybridized carbons (Fsp3) is 0.312. The number of pyridine rings is 1. The van der Waals surface area contributed by atoms with Crippen LogP contribution in [0.3, 0.4) is 0 Å². The van der Waals surface area contributed by atoms with Crippen molar-refractivity contribution in [2.45, 2.75) is 25.8 Å². The van der Waals surface area contributed by atoms with E-state index in [1.165, 1.54) is 16.7 Å². The van der Waals surface area contributed by atoms with Gasteiger partial charge < -0.3 is 10.5 Å². The van der Waals surface area contributed by atoms with Gasteiger partial charge in [-0.3, -0.25) is 4.98 Å². The van der Waals surface area contributed by atoms with Gasteiger partial charge in [0.1, 0.15) is 5.75 Å². The van der Waals surface area contributed by atoms with Crippen LogP contribution in [0.1, 0.15) is 30.5 Å². The fourth-order valence-corrected chi connectivity index (χ4v) is 2.65. The molecule has 2 aromatic rings. The van der Waals surface area contributed by atoms with Gasteiger partial charge in [0, 0.05) is 17.8 Å². The molecule has 19 heavy (non-hydrogen) atoms. The average molecular weight is 254 g/mol. The van der Waals surface area contributed by atoms with Crippen LogP contribution in [-0.4, -0.2) is 11.6 Å². The monoisotopic (exact) mass is 254 g/mol. The lowest BCUT2D eigenvalue weighted by Crippen LogP contribution is -2.04. The Morgan fingerprint density at radius 1 is 1.26 bits per heavy atom. The Bertz CT molecular complexity index is 595. The first-order valence-corrected chi connectivity index (χ1v) is 6.74. The van der Waals surface area contributed by atoms with E-state index in [1.807, 2.05) is 19.2 Å². The Morgan fingerprint density at radius 2 is 2.16 bits per heavy atom. The zero-order valence-corrected chi connectivity index (χ0v) is 11.1. The number of nitrogens with two attached hydrogens (primary N) is 1. The molecule has 98 valence electrons. The number of aromatic nitrogens is 1. The van der Waals surface area contributed by atoms with Crippen LogP contribution < -0.4 is 10.5 Å². The Balaban J connectivity index is 1.96. The summed E-state index contributed by atoms with van der Waals surface area (Å²) < 4.78 is 5.50. The molecule has 0 fully saturated rings. The van der Waals surface area contributed by atoms with Crippen molar-refractivity contribution in [3.05, 3.63) is 47.8 Å². The van der Waals surface area contributed by atoms with Crippen molar-refractivity contribution < 1.29 is 4.74 Å². The first kappa shape index (κ1) is 12.2. The van der Waals surface area contributed by atoms with Crippen LogP contribution in [0.2, 0.25) is 0 Å². The zero-order valence-electron chi connectivity index (χ0n) is 11.1. The molecule has 0 saturated heterocycles. The largest absolute Gasteiger partial charge is 0.492 e. The number of hydrogen-bond acceptors (Lipinski definition) is 3. The third kappa shape index (κ3) is 2.34. The number of nitrogens with zero attached hydrogens (tertiary/aromatic N) is 1. The van der Waals surface area contributed by atoms with Crippen molar-refractivity contribution in [1.82, 2.24) is 4.98 Å². The predicted molar refractivity (Wildman–Crippen MR) is 76.1 cm³/mol. The van der Waals surface area contributed by atoms with E-state index in [0.29, 0.717) is 6.61 Å². The quantitative estimate of drug-likeness (QED) is 0.915. The average Bonchev–Trinajstić information content (AvgIpc) is 2.81. The summed E-state index contributed by atoms with van der Waals surface area (Å²) in [6, 6.07) is 8.74. The topological polar surface area (TPSA) is 48.1 Å². The van der Waals surface area contributed by atoms with Crippen molar-refractivity contribution in [3.8, 4) is 16.9 Å². The van der Waals surface area contributed by atoms with Gasteiger partial charge in [-0.05, 0) is 42.5 Å². The summed E-state index contributed by atoms with van der Waals surface area (Å²) in [6.45, 7) is 2.63. The number of fused-ring (bicyclic) bond motifs is 1. The second kappa shape index (κ2) is 5.02. The lowest BCUT2D eigenvalue weighted by atomic mass is 10.0. The number of rotatable bonds is 3. The predicted octanol–water partition coefficient (Wildman–Crippen LogP) is 3.09. The summed E-state index contributed by atoms with van der Waals surface area (Å²) in [4.78, 5) is 4.24. The summed E-state index contributed by atoms with van der Waals surface area (Å²) in [7, 11) is 0. The van der Waals surface area contributed by atoms with E-state index in [9.17, 15) is 0 Å². The minimum absolute atomic E-state index is 0.205. The molecule has 2 N–H and O–H groups in total. The van der Waals surface area contributed by atoms with Gasteiger partial charge >= 0.3 is 0 Å². The molecule has 1 aromatic heterocycles. The molecule has 0 radical (unpaired) electrons. The highest BCUT2D eigenvalue weighted by atomic mass is 16.5. The van der Waals surface area contributed by atoms with E-state index in [2.05, 4.69) is 23.2 Å². The molecule has 3 nitrogen and oxygen atoms in total. The smallest absolute Gasteiger partial charge is 0.138 e. The minimum Gasteiger partial charge on any atom is -0.492 e. The first-order valence-electron chi connectivity index (χ1n) is 6.74. The lowest BCUT2D eigenvalue weighted by molar-refractivity contribution is 0.339. The van der Waals surface area contributed by atoms with Gasteiger partial charge in [-0.2, -0.15) is 0 Å². The number of hydrogen-bond donors (Lipinski definition) is 1. The second-order valence-corrected chi connectivity index (χ2v) is 4.90. The highest BCUT2D eigenvalue weighted by Gasteiger charge is 2.19. The molecule has 1 aromatic carbocycles. The van der Waals surface area contributed by atoms with Gasteiger partial charge in [-0.15, -0.1) is 0 Å². The molecular weight excluding hydrogens is 236 g/mol. The van der Waals surface area contributed by atoms with Crippen molar-refractivity contribution in [2.75, 3.05) is 6.61 Å². The SMILES string of the molecule is CCOc1cncc(-c2ccc3c(c2)CCC3N)c1. The molecule has 1 unspecified atom stereocenters. The van der Waals surface area contributed by atoms with Crippen LogP contribution in [0.4, 0.5) is 0 Å². The van der Waals surface area contributed by atoms with E-state index < -0.39 is 0 Å². The van der Waals surface area contributed by atoms with Crippen LogP contribution in [0.25, 0.3) is 11.1 Å². The molecule has 1 aliphatic carbocycles. The van der Waals surface area contributed by atoms with Gasteiger partial charge in [-0.1, -0.05) is 18.2 Å². The lowest BCUT2D eigenvalue weighted by Gasteiger charge is -2.09. The fourth-order valence-electron chi connectivity index (χ4n) is 2.65. The summed E-state index contributed by atoms with van der Waals surface area (Å²) in [5.74, 6) is 0.817. The Hall–Kier alpha value is -1.87. The van der Waals surface area contributed by atoms with Crippen LogP contribution in [0.15, 0.2) is 36.7 Å². The molecule has 0 aliphatic heterocycles. The van der Waals surface area contributed by atoms with Gasteiger partial charge in [0.2, 0.25) is 0 Å². The van der Waals surface area contributed by atoms with Crippen molar-refractivity contribution in [1.29, 1.82) is 0 Å². The normalized spacial score (nSPS) is 17.3. The molecule has 1 aliphatic rings. The maximum atomic E-state index is 6.07. The Labute approximate surface area is 113 Å². The number of ether oxygens (including phenoxy) is 1. The highest BCUT2D eigenvalue weighted by molar-refractivity contribution is 5.66.